The highest BCUT2D eigenvalue weighted by molar-refractivity contribution is 6.21. The van der Waals surface area contributed by atoms with Gasteiger partial charge in [0.25, 0.3) is 0 Å². The van der Waals surface area contributed by atoms with Crippen LogP contribution in [-0.4, -0.2) is 15.0 Å². The standard InChI is InChI=1S/C51H31N3O/c1-2-12-32(13-3-1)35-16-8-18-37(30-35)49-52-50(54-51(53-49)44-23-11-25-46-48(44)43-21-6-7-24-45(43)55-46)38-19-9-17-36(31-38)40-22-10-15-34-27-28-41-39-20-5-4-14-33(39)26-29-42(41)47(34)40/h1-31H. The summed E-state index contributed by atoms with van der Waals surface area (Å²) in [5, 5.41) is 9.44. The Morgan fingerprint density at radius 1 is 0.291 bits per heavy atom. The number of para-hydroxylation sites is 1. The molecule has 2 heterocycles. The lowest BCUT2D eigenvalue weighted by Crippen LogP contribution is -2.00. The first-order valence-electron chi connectivity index (χ1n) is 18.5. The number of benzene rings is 9. The second-order valence-electron chi connectivity index (χ2n) is 14.0. The van der Waals surface area contributed by atoms with Crippen molar-refractivity contribution in [3.63, 3.8) is 0 Å². The highest BCUT2D eigenvalue weighted by Crippen LogP contribution is 2.40. The van der Waals surface area contributed by atoms with Crippen LogP contribution in [0.2, 0.25) is 0 Å². The molecule has 0 saturated carbocycles. The summed E-state index contributed by atoms with van der Waals surface area (Å²) in [6.45, 7) is 0. The first kappa shape index (κ1) is 31.1. The number of nitrogens with zero attached hydrogens (tertiary/aromatic N) is 3. The van der Waals surface area contributed by atoms with Crippen LogP contribution in [-0.2, 0) is 0 Å². The molecule has 0 atom stereocenters. The largest absolute Gasteiger partial charge is 0.456 e. The zero-order valence-corrected chi connectivity index (χ0v) is 29.6. The number of hydrogen-bond donors (Lipinski definition) is 0. The lowest BCUT2D eigenvalue weighted by atomic mass is 9.91. The maximum absolute atomic E-state index is 6.29. The zero-order valence-electron chi connectivity index (χ0n) is 29.6. The SMILES string of the molecule is c1ccc(-c2cccc(-c3nc(-c4cccc(-c5cccc6ccc7c8ccccc8ccc7c56)c4)nc(-c4cccc5oc6ccccc6c45)n3)c2)cc1. The van der Waals surface area contributed by atoms with Crippen LogP contribution in [0.3, 0.4) is 0 Å². The zero-order chi connectivity index (χ0) is 36.3. The molecule has 0 saturated heterocycles. The van der Waals surface area contributed by atoms with Gasteiger partial charge in [-0.05, 0) is 78.8 Å². The minimum Gasteiger partial charge on any atom is -0.456 e. The van der Waals surface area contributed by atoms with Gasteiger partial charge in [-0.15, -0.1) is 0 Å². The maximum Gasteiger partial charge on any atom is 0.164 e. The van der Waals surface area contributed by atoms with Gasteiger partial charge in [-0.1, -0.05) is 164 Å². The minimum atomic E-state index is 0.593. The van der Waals surface area contributed by atoms with Gasteiger partial charge in [-0.3, -0.25) is 0 Å². The van der Waals surface area contributed by atoms with E-state index >= 15 is 0 Å². The van der Waals surface area contributed by atoms with Crippen molar-refractivity contribution in [2.45, 2.75) is 0 Å². The molecule has 0 radical (unpaired) electrons. The fourth-order valence-corrected chi connectivity index (χ4v) is 8.13. The van der Waals surface area contributed by atoms with E-state index in [0.29, 0.717) is 17.5 Å². The molecule has 0 aliphatic rings. The Bertz CT molecular complexity index is 3270. The van der Waals surface area contributed by atoms with Gasteiger partial charge in [0, 0.05) is 27.5 Å². The van der Waals surface area contributed by atoms with Crippen LogP contribution in [0, 0.1) is 0 Å². The van der Waals surface area contributed by atoms with Crippen molar-refractivity contribution in [2.24, 2.45) is 0 Å². The smallest absolute Gasteiger partial charge is 0.164 e. The van der Waals surface area contributed by atoms with Gasteiger partial charge >= 0.3 is 0 Å². The van der Waals surface area contributed by atoms with Crippen LogP contribution in [0.4, 0.5) is 0 Å². The Morgan fingerprint density at radius 2 is 0.855 bits per heavy atom. The Balaban J connectivity index is 1.12. The molecular formula is C51H31N3O. The number of rotatable bonds is 5. The van der Waals surface area contributed by atoms with Crippen molar-refractivity contribution in [2.75, 3.05) is 0 Å². The Labute approximate surface area is 317 Å². The maximum atomic E-state index is 6.29. The number of furan rings is 1. The summed E-state index contributed by atoms with van der Waals surface area (Å²) in [5.41, 5.74) is 8.86. The van der Waals surface area contributed by atoms with Gasteiger partial charge in [0.2, 0.25) is 0 Å². The van der Waals surface area contributed by atoms with Crippen molar-refractivity contribution >= 4 is 54.3 Å². The van der Waals surface area contributed by atoms with Gasteiger partial charge in [-0.25, -0.2) is 15.0 Å². The molecule has 0 amide bonds. The summed E-state index contributed by atoms with van der Waals surface area (Å²) >= 11 is 0. The molecule has 9 aromatic carbocycles. The summed E-state index contributed by atoms with van der Waals surface area (Å²) in [4.78, 5) is 15.6. The van der Waals surface area contributed by atoms with Crippen molar-refractivity contribution < 1.29 is 4.42 Å². The first-order valence-corrected chi connectivity index (χ1v) is 18.5. The normalized spacial score (nSPS) is 11.6. The molecule has 0 aliphatic carbocycles. The molecule has 4 heteroatoms. The molecule has 0 unspecified atom stereocenters. The highest BCUT2D eigenvalue weighted by atomic mass is 16.3. The van der Waals surface area contributed by atoms with Crippen molar-refractivity contribution in [3.05, 3.63) is 188 Å². The molecule has 11 aromatic rings. The molecule has 0 N–H and O–H groups in total. The molecular weight excluding hydrogens is 671 g/mol. The van der Waals surface area contributed by atoms with Gasteiger partial charge in [0.15, 0.2) is 17.5 Å². The predicted octanol–water partition coefficient (Wildman–Crippen LogP) is 13.6. The molecule has 55 heavy (non-hydrogen) atoms. The molecule has 2 aromatic heterocycles. The Morgan fingerprint density at radius 3 is 1.71 bits per heavy atom. The fraction of sp³-hybridized carbons (Fsp3) is 0. The third-order valence-corrected chi connectivity index (χ3v) is 10.7. The Hall–Kier alpha value is -7.43. The second kappa shape index (κ2) is 12.6. The lowest BCUT2D eigenvalue weighted by Gasteiger charge is -2.14. The molecule has 0 fully saturated rings. The Kier molecular flexibility index (Phi) is 7.14. The lowest BCUT2D eigenvalue weighted by molar-refractivity contribution is 0.669. The molecule has 0 aliphatic heterocycles. The van der Waals surface area contributed by atoms with E-state index in [9.17, 15) is 0 Å². The van der Waals surface area contributed by atoms with Gasteiger partial charge in [0.05, 0.1) is 0 Å². The van der Waals surface area contributed by atoms with Gasteiger partial charge in [0.1, 0.15) is 11.2 Å². The molecule has 0 spiro atoms. The van der Waals surface area contributed by atoms with E-state index in [1.165, 1.54) is 37.9 Å². The van der Waals surface area contributed by atoms with E-state index in [1.807, 2.05) is 36.4 Å². The quantitative estimate of drug-likeness (QED) is 0.168. The van der Waals surface area contributed by atoms with Crippen molar-refractivity contribution in [1.29, 1.82) is 0 Å². The third-order valence-electron chi connectivity index (χ3n) is 10.7. The second-order valence-corrected chi connectivity index (χ2v) is 14.0. The van der Waals surface area contributed by atoms with Crippen LogP contribution in [0.1, 0.15) is 0 Å². The van der Waals surface area contributed by atoms with E-state index in [2.05, 4.69) is 152 Å². The minimum absolute atomic E-state index is 0.593. The van der Waals surface area contributed by atoms with Crippen LogP contribution >= 0.6 is 0 Å². The molecule has 4 nitrogen and oxygen atoms in total. The monoisotopic (exact) mass is 701 g/mol. The van der Waals surface area contributed by atoms with Crippen LogP contribution in [0.15, 0.2) is 192 Å². The topological polar surface area (TPSA) is 51.8 Å². The summed E-state index contributed by atoms with van der Waals surface area (Å²) in [6.07, 6.45) is 0. The number of hydrogen-bond acceptors (Lipinski definition) is 4. The predicted molar refractivity (Wildman–Crippen MR) is 227 cm³/mol. The van der Waals surface area contributed by atoms with E-state index in [4.69, 9.17) is 19.4 Å². The highest BCUT2D eigenvalue weighted by Gasteiger charge is 2.19. The van der Waals surface area contributed by atoms with Crippen LogP contribution in [0.5, 0.6) is 0 Å². The molecule has 11 rings (SSSR count). The first-order chi connectivity index (χ1) is 27.2. The fourth-order valence-electron chi connectivity index (χ4n) is 8.13. The summed E-state index contributed by atoms with van der Waals surface area (Å²) in [6, 6.07) is 65.8. The van der Waals surface area contributed by atoms with Crippen molar-refractivity contribution in [3.8, 4) is 56.4 Å². The van der Waals surface area contributed by atoms with E-state index in [-0.39, 0.29) is 0 Å². The number of fused-ring (bicyclic) bond motifs is 8. The summed E-state index contributed by atoms with van der Waals surface area (Å²) in [7, 11) is 0. The molecule has 0 bridgehead atoms. The van der Waals surface area contributed by atoms with Crippen molar-refractivity contribution in [1.82, 2.24) is 15.0 Å². The summed E-state index contributed by atoms with van der Waals surface area (Å²) < 4.78 is 6.29. The summed E-state index contributed by atoms with van der Waals surface area (Å²) in [5.74, 6) is 1.81. The van der Waals surface area contributed by atoms with E-state index in [0.717, 1.165) is 55.3 Å². The van der Waals surface area contributed by atoms with Crippen LogP contribution < -0.4 is 0 Å². The van der Waals surface area contributed by atoms with E-state index < -0.39 is 0 Å². The molecule has 256 valence electrons. The number of aromatic nitrogens is 3. The van der Waals surface area contributed by atoms with Gasteiger partial charge < -0.3 is 4.42 Å². The van der Waals surface area contributed by atoms with E-state index in [1.54, 1.807) is 0 Å². The average Bonchev–Trinajstić information content (AvgIpc) is 3.65. The van der Waals surface area contributed by atoms with Gasteiger partial charge in [-0.2, -0.15) is 0 Å². The van der Waals surface area contributed by atoms with Crippen LogP contribution in [0.25, 0.3) is 111 Å². The third kappa shape index (κ3) is 5.26. The average molecular weight is 702 g/mol.